The van der Waals surface area contributed by atoms with Crippen LogP contribution in [0.5, 0.6) is 11.5 Å². The fourth-order valence-corrected chi connectivity index (χ4v) is 4.27. The Balaban J connectivity index is 1.44. The normalized spacial score (nSPS) is 16.4. The molecule has 1 fully saturated rings. The Morgan fingerprint density at radius 3 is 2.77 bits per heavy atom. The van der Waals surface area contributed by atoms with Gasteiger partial charge >= 0.3 is 0 Å². The van der Waals surface area contributed by atoms with Crippen molar-refractivity contribution >= 4 is 28.1 Å². The van der Waals surface area contributed by atoms with E-state index in [1.807, 2.05) is 38.1 Å². The zero-order valence-electron chi connectivity index (χ0n) is 17.6. The van der Waals surface area contributed by atoms with E-state index in [9.17, 15) is 0 Å². The topological polar surface area (TPSA) is 72.4 Å². The molecule has 7 nitrogen and oxygen atoms in total. The van der Waals surface area contributed by atoms with Gasteiger partial charge in [-0.2, -0.15) is 0 Å². The van der Waals surface area contributed by atoms with Crippen molar-refractivity contribution in [2.45, 2.75) is 39.7 Å². The Morgan fingerprint density at radius 1 is 1.17 bits per heavy atom. The maximum Gasteiger partial charge on any atom is 0.188 e. The zero-order chi connectivity index (χ0) is 20.9. The first-order chi connectivity index (χ1) is 14.6. The number of hydrogen-bond donors (Lipinski definition) is 1. The lowest BCUT2D eigenvalue weighted by Gasteiger charge is -2.33. The minimum atomic E-state index is 0.0723. The van der Waals surface area contributed by atoms with Gasteiger partial charge in [-0.05, 0) is 45.7 Å². The maximum atomic E-state index is 6.29. The first-order valence-electron chi connectivity index (χ1n) is 10.3. The van der Waals surface area contributed by atoms with Crippen LogP contribution in [0, 0.1) is 13.8 Å². The zero-order valence-corrected chi connectivity index (χ0v) is 18.4. The average molecular weight is 426 g/mol. The summed E-state index contributed by atoms with van der Waals surface area (Å²) in [5.74, 6) is 3.13. The van der Waals surface area contributed by atoms with Crippen molar-refractivity contribution in [2.24, 2.45) is 0 Å². The molecule has 158 valence electrons. The summed E-state index contributed by atoms with van der Waals surface area (Å²) < 4.78 is 12.0. The van der Waals surface area contributed by atoms with E-state index < -0.39 is 0 Å². The van der Waals surface area contributed by atoms with Gasteiger partial charge in [-0.3, -0.25) is 4.98 Å². The molecule has 1 saturated heterocycles. The van der Waals surface area contributed by atoms with Crippen LogP contribution < -0.4 is 19.7 Å². The summed E-state index contributed by atoms with van der Waals surface area (Å²) in [5, 5.41) is 4.11. The molecule has 8 heteroatoms. The number of nitrogens with one attached hydrogen (secondary N) is 1. The van der Waals surface area contributed by atoms with Crippen LogP contribution in [-0.4, -0.2) is 40.8 Å². The number of aromatic nitrogens is 3. The highest BCUT2D eigenvalue weighted by atomic mass is 32.1. The highest BCUT2D eigenvalue weighted by Gasteiger charge is 2.24. The molecule has 1 aliphatic rings. The summed E-state index contributed by atoms with van der Waals surface area (Å²) in [6.07, 6.45) is 5.64. The number of aryl methyl sites for hydroxylation is 2. The van der Waals surface area contributed by atoms with E-state index in [-0.39, 0.29) is 6.10 Å². The summed E-state index contributed by atoms with van der Waals surface area (Å²) >= 11 is 1.62. The molecule has 0 radical (unpaired) electrons. The molecule has 0 spiro atoms. The standard InChI is InChI=1S/C22H27N5O2S/c1-4-28-18-9-5-6-10-19(18)29-17-8-7-11-27(14-17)21-13-23-12-20(25-21)26-22-24-15(2)16(3)30-22/h5-6,9-10,12-13,17H,4,7-8,11,14H2,1-3H3,(H,24,25,26). The van der Waals surface area contributed by atoms with Gasteiger partial charge in [0.05, 0.1) is 31.2 Å². The number of ether oxygens (including phenoxy) is 2. The molecule has 3 aromatic rings. The molecule has 3 heterocycles. The molecular weight excluding hydrogens is 398 g/mol. The third-order valence-electron chi connectivity index (χ3n) is 5.03. The summed E-state index contributed by atoms with van der Waals surface area (Å²) in [7, 11) is 0. The fraction of sp³-hybridized carbons (Fsp3) is 0.409. The fourth-order valence-electron chi connectivity index (χ4n) is 3.45. The van der Waals surface area contributed by atoms with Gasteiger partial charge in [0.25, 0.3) is 0 Å². The first kappa shape index (κ1) is 20.4. The van der Waals surface area contributed by atoms with Crippen LogP contribution >= 0.6 is 11.3 Å². The van der Waals surface area contributed by atoms with Crippen molar-refractivity contribution in [1.82, 2.24) is 15.0 Å². The summed E-state index contributed by atoms with van der Waals surface area (Å²) in [6, 6.07) is 7.85. The summed E-state index contributed by atoms with van der Waals surface area (Å²) in [5.41, 5.74) is 1.04. The number of nitrogens with zero attached hydrogens (tertiary/aromatic N) is 4. The monoisotopic (exact) mass is 425 g/mol. The predicted octanol–water partition coefficient (Wildman–Crippen LogP) is 4.74. The van der Waals surface area contributed by atoms with Crippen molar-refractivity contribution in [3.8, 4) is 11.5 Å². The Kier molecular flexibility index (Phi) is 6.32. The molecule has 0 saturated carbocycles. The van der Waals surface area contributed by atoms with E-state index in [2.05, 4.69) is 27.1 Å². The van der Waals surface area contributed by atoms with Gasteiger partial charge in [-0.15, -0.1) is 11.3 Å². The summed E-state index contributed by atoms with van der Waals surface area (Å²) in [4.78, 5) is 17.1. The van der Waals surface area contributed by atoms with Crippen LogP contribution in [-0.2, 0) is 0 Å². The van der Waals surface area contributed by atoms with Crippen molar-refractivity contribution < 1.29 is 9.47 Å². The van der Waals surface area contributed by atoms with Crippen LogP contribution in [0.25, 0.3) is 0 Å². The molecule has 4 rings (SSSR count). The van der Waals surface area contributed by atoms with E-state index in [1.54, 1.807) is 23.7 Å². The SMILES string of the molecule is CCOc1ccccc1OC1CCCN(c2cncc(Nc3nc(C)c(C)s3)n2)C1. The minimum absolute atomic E-state index is 0.0723. The Labute approximate surface area is 181 Å². The molecule has 0 amide bonds. The van der Waals surface area contributed by atoms with Crippen LogP contribution in [0.3, 0.4) is 0 Å². The van der Waals surface area contributed by atoms with Crippen LogP contribution in [0.1, 0.15) is 30.3 Å². The Bertz CT molecular complexity index is 974. The second-order valence-corrected chi connectivity index (χ2v) is 8.46. The van der Waals surface area contributed by atoms with Crippen LogP contribution in [0.4, 0.5) is 16.8 Å². The molecule has 1 unspecified atom stereocenters. The minimum Gasteiger partial charge on any atom is -0.490 e. The Hall–Kier alpha value is -2.87. The van der Waals surface area contributed by atoms with Gasteiger partial charge in [-0.25, -0.2) is 9.97 Å². The van der Waals surface area contributed by atoms with Gasteiger partial charge in [0.15, 0.2) is 22.4 Å². The van der Waals surface area contributed by atoms with Crippen molar-refractivity contribution in [3.05, 3.63) is 47.2 Å². The quantitative estimate of drug-likeness (QED) is 0.586. The van der Waals surface area contributed by atoms with E-state index in [1.165, 1.54) is 4.88 Å². The van der Waals surface area contributed by atoms with E-state index in [0.29, 0.717) is 12.4 Å². The van der Waals surface area contributed by atoms with Gasteiger partial charge in [0.2, 0.25) is 0 Å². The maximum absolute atomic E-state index is 6.29. The number of hydrogen-bond acceptors (Lipinski definition) is 8. The Morgan fingerprint density at radius 2 is 2.00 bits per heavy atom. The lowest BCUT2D eigenvalue weighted by Crippen LogP contribution is -2.41. The van der Waals surface area contributed by atoms with Gasteiger partial charge in [0.1, 0.15) is 11.9 Å². The van der Waals surface area contributed by atoms with E-state index in [0.717, 1.165) is 54.1 Å². The highest BCUT2D eigenvalue weighted by Crippen LogP contribution is 2.30. The molecule has 0 aliphatic carbocycles. The number of thiazole rings is 1. The van der Waals surface area contributed by atoms with Gasteiger partial charge in [0, 0.05) is 11.4 Å². The lowest BCUT2D eigenvalue weighted by molar-refractivity contribution is 0.170. The molecule has 30 heavy (non-hydrogen) atoms. The number of rotatable bonds is 7. The number of piperidine rings is 1. The van der Waals surface area contributed by atoms with Crippen molar-refractivity contribution in [2.75, 3.05) is 29.9 Å². The molecular formula is C22H27N5O2S. The first-order valence-corrected chi connectivity index (χ1v) is 11.1. The van der Waals surface area contributed by atoms with Gasteiger partial charge in [-0.1, -0.05) is 12.1 Å². The second-order valence-electron chi connectivity index (χ2n) is 7.26. The largest absolute Gasteiger partial charge is 0.490 e. The van der Waals surface area contributed by atoms with E-state index >= 15 is 0 Å². The third-order valence-corrected chi connectivity index (χ3v) is 6.02. The molecule has 1 aliphatic heterocycles. The number of para-hydroxylation sites is 2. The number of benzene rings is 1. The van der Waals surface area contributed by atoms with Crippen molar-refractivity contribution in [1.29, 1.82) is 0 Å². The van der Waals surface area contributed by atoms with Crippen LogP contribution in [0.15, 0.2) is 36.7 Å². The second kappa shape index (κ2) is 9.30. The molecule has 1 aromatic carbocycles. The van der Waals surface area contributed by atoms with E-state index in [4.69, 9.17) is 14.5 Å². The van der Waals surface area contributed by atoms with Crippen LogP contribution in [0.2, 0.25) is 0 Å². The molecule has 1 N–H and O–H groups in total. The molecule has 0 bridgehead atoms. The molecule has 2 aromatic heterocycles. The predicted molar refractivity (Wildman–Crippen MR) is 120 cm³/mol. The molecule has 1 atom stereocenters. The third kappa shape index (κ3) is 4.81. The number of anilines is 3. The van der Waals surface area contributed by atoms with Crippen molar-refractivity contribution in [3.63, 3.8) is 0 Å². The average Bonchev–Trinajstić information content (AvgIpc) is 3.07. The summed E-state index contributed by atoms with van der Waals surface area (Å²) in [6.45, 7) is 8.36. The highest BCUT2D eigenvalue weighted by molar-refractivity contribution is 7.15. The lowest BCUT2D eigenvalue weighted by atomic mass is 10.1. The smallest absolute Gasteiger partial charge is 0.188 e. The van der Waals surface area contributed by atoms with Gasteiger partial charge < -0.3 is 19.7 Å².